The molecule has 0 aliphatic heterocycles. The standard InChI is InChI=1S/C15H17BrN2O2/c1-10-6-12(16)7-11(8-17)15(10)20-9-13-4-3-5-14(18-13)19-2/h3-7H,8-9,17H2,1-2H3. The van der Waals surface area contributed by atoms with E-state index in [0.29, 0.717) is 19.0 Å². The van der Waals surface area contributed by atoms with Crippen molar-refractivity contribution in [3.05, 3.63) is 51.6 Å². The maximum Gasteiger partial charge on any atom is 0.213 e. The first kappa shape index (κ1) is 14.8. The van der Waals surface area contributed by atoms with Crippen LogP contribution in [0.15, 0.2) is 34.8 Å². The quantitative estimate of drug-likeness (QED) is 0.910. The van der Waals surface area contributed by atoms with Gasteiger partial charge in [0.15, 0.2) is 0 Å². The normalized spacial score (nSPS) is 10.4. The van der Waals surface area contributed by atoms with Gasteiger partial charge >= 0.3 is 0 Å². The van der Waals surface area contributed by atoms with Gasteiger partial charge in [0, 0.05) is 22.6 Å². The third kappa shape index (κ3) is 3.49. The number of hydrogen-bond donors (Lipinski definition) is 1. The van der Waals surface area contributed by atoms with Crippen LogP contribution in [0.3, 0.4) is 0 Å². The molecule has 2 N–H and O–H groups in total. The van der Waals surface area contributed by atoms with Crippen LogP contribution in [0.2, 0.25) is 0 Å². The summed E-state index contributed by atoms with van der Waals surface area (Å²) in [6.07, 6.45) is 0. The summed E-state index contributed by atoms with van der Waals surface area (Å²) in [4.78, 5) is 4.32. The van der Waals surface area contributed by atoms with Crippen molar-refractivity contribution >= 4 is 15.9 Å². The van der Waals surface area contributed by atoms with E-state index in [2.05, 4.69) is 20.9 Å². The molecule has 1 aromatic heterocycles. The Bertz CT molecular complexity index is 602. The smallest absolute Gasteiger partial charge is 0.213 e. The van der Waals surface area contributed by atoms with Crippen molar-refractivity contribution in [1.82, 2.24) is 4.98 Å². The molecule has 0 saturated heterocycles. The Labute approximate surface area is 127 Å². The van der Waals surface area contributed by atoms with Crippen LogP contribution in [0.5, 0.6) is 11.6 Å². The van der Waals surface area contributed by atoms with Gasteiger partial charge in [0.2, 0.25) is 5.88 Å². The van der Waals surface area contributed by atoms with Crippen LogP contribution in [0.1, 0.15) is 16.8 Å². The van der Waals surface area contributed by atoms with Gasteiger partial charge in [-0.1, -0.05) is 22.0 Å². The summed E-state index contributed by atoms with van der Waals surface area (Å²) >= 11 is 3.46. The van der Waals surface area contributed by atoms with E-state index in [1.54, 1.807) is 13.2 Å². The van der Waals surface area contributed by atoms with E-state index >= 15 is 0 Å². The van der Waals surface area contributed by atoms with Gasteiger partial charge in [-0.2, -0.15) is 0 Å². The first-order chi connectivity index (χ1) is 9.63. The molecule has 0 aliphatic carbocycles. The van der Waals surface area contributed by atoms with Gasteiger partial charge in [0.05, 0.1) is 12.8 Å². The molecule has 0 atom stereocenters. The second kappa shape index (κ2) is 6.72. The largest absolute Gasteiger partial charge is 0.487 e. The molecule has 5 heteroatoms. The molecule has 1 aromatic carbocycles. The monoisotopic (exact) mass is 336 g/mol. The average Bonchev–Trinajstić information content (AvgIpc) is 2.45. The summed E-state index contributed by atoms with van der Waals surface area (Å²) in [5.41, 5.74) is 8.60. The molecule has 0 aliphatic rings. The number of aryl methyl sites for hydroxylation is 1. The van der Waals surface area contributed by atoms with Crippen LogP contribution in [-0.4, -0.2) is 12.1 Å². The Hall–Kier alpha value is -1.59. The Morgan fingerprint density at radius 2 is 2.10 bits per heavy atom. The number of halogens is 1. The lowest BCUT2D eigenvalue weighted by molar-refractivity contribution is 0.293. The number of nitrogens with two attached hydrogens (primary N) is 1. The molecule has 0 radical (unpaired) electrons. The highest BCUT2D eigenvalue weighted by molar-refractivity contribution is 9.10. The van der Waals surface area contributed by atoms with Crippen LogP contribution in [0.4, 0.5) is 0 Å². The van der Waals surface area contributed by atoms with E-state index < -0.39 is 0 Å². The third-order valence-electron chi connectivity index (χ3n) is 2.89. The minimum absolute atomic E-state index is 0.382. The highest BCUT2D eigenvalue weighted by Crippen LogP contribution is 2.28. The SMILES string of the molecule is COc1cccc(COc2c(C)cc(Br)cc2CN)n1. The van der Waals surface area contributed by atoms with Crippen molar-refractivity contribution in [2.45, 2.75) is 20.1 Å². The Morgan fingerprint density at radius 3 is 2.80 bits per heavy atom. The van der Waals surface area contributed by atoms with E-state index in [4.69, 9.17) is 15.2 Å². The molecule has 1 heterocycles. The fourth-order valence-corrected chi connectivity index (χ4v) is 2.57. The van der Waals surface area contributed by atoms with Crippen LogP contribution >= 0.6 is 15.9 Å². The summed E-state index contributed by atoms with van der Waals surface area (Å²) in [7, 11) is 1.60. The van der Waals surface area contributed by atoms with Gasteiger partial charge in [0.1, 0.15) is 12.4 Å². The molecule has 0 amide bonds. The predicted molar refractivity (Wildman–Crippen MR) is 81.9 cm³/mol. The lowest BCUT2D eigenvalue weighted by Gasteiger charge is -2.14. The molecular weight excluding hydrogens is 320 g/mol. The second-order valence-electron chi connectivity index (χ2n) is 4.38. The van der Waals surface area contributed by atoms with Crippen LogP contribution in [0, 0.1) is 6.92 Å². The summed E-state index contributed by atoms with van der Waals surface area (Å²) < 4.78 is 12.0. The molecule has 2 aromatic rings. The van der Waals surface area contributed by atoms with E-state index in [-0.39, 0.29) is 0 Å². The maximum absolute atomic E-state index is 5.88. The van der Waals surface area contributed by atoms with Crippen LogP contribution in [0.25, 0.3) is 0 Å². The van der Waals surface area contributed by atoms with Gasteiger partial charge in [-0.3, -0.25) is 0 Å². The van der Waals surface area contributed by atoms with Gasteiger partial charge in [-0.15, -0.1) is 0 Å². The van der Waals surface area contributed by atoms with Gasteiger partial charge in [-0.05, 0) is 30.7 Å². The van der Waals surface area contributed by atoms with E-state index in [1.165, 1.54) is 0 Å². The second-order valence-corrected chi connectivity index (χ2v) is 5.29. The minimum Gasteiger partial charge on any atom is -0.487 e. The molecule has 4 nitrogen and oxygen atoms in total. The molecule has 0 saturated carbocycles. The Balaban J connectivity index is 2.18. The zero-order chi connectivity index (χ0) is 14.5. The number of methoxy groups -OCH3 is 1. The molecule has 0 bridgehead atoms. The number of benzene rings is 1. The molecule has 106 valence electrons. The number of hydrogen-bond acceptors (Lipinski definition) is 4. The van der Waals surface area contributed by atoms with E-state index in [0.717, 1.165) is 27.0 Å². The predicted octanol–water partition coefficient (Wildman–Crippen LogP) is 3.20. The lowest BCUT2D eigenvalue weighted by atomic mass is 10.1. The molecule has 0 fully saturated rings. The zero-order valence-corrected chi connectivity index (χ0v) is 13.1. The summed E-state index contributed by atoms with van der Waals surface area (Å²) in [6, 6.07) is 9.58. The van der Waals surface area contributed by atoms with Crippen molar-refractivity contribution < 1.29 is 9.47 Å². The highest BCUT2D eigenvalue weighted by Gasteiger charge is 2.09. The summed E-state index contributed by atoms with van der Waals surface area (Å²) in [5, 5.41) is 0. The molecule has 2 rings (SSSR count). The average molecular weight is 337 g/mol. The number of ether oxygens (including phenoxy) is 2. The number of rotatable bonds is 5. The van der Waals surface area contributed by atoms with Crippen LogP contribution in [-0.2, 0) is 13.2 Å². The molecule has 0 spiro atoms. The van der Waals surface area contributed by atoms with Crippen molar-refractivity contribution in [3.8, 4) is 11.6 Å². The molecular formula is C15H17BrN2O2. The first-order valence-corrected chi connectivity index (χ1v) is 7.05. The Morgan fingerprint density at radius 1 is 1.30 bits per heavy atom. The maximum atomic E-state index is 5.88. The Kier molecular flexibility index (Phi) is 4.98. The lowest BCUT2D eigenvalue weighted by Crippen LogP contribution is -2.05. The summed E-state index contributed by atoms with van der Waals surface area (Å²) in [5.74, 6) is 1.40. The molecule has 0 unspecified atom stereocenters. The highest BCUT2D eigenvalue weighted by atomic mass is 79.9. The van der Waals surface area contributed by atoms with E-state index in [9.17, 15) is 0 Å². The van der Waals surface area contributed by atoms with Gasteiger partial charge < -0.3 is 15.2 Å². The van der Waals surface area contributed by atoms with Crippen molar-refractivity contribution in [2.24, 2.45) is 5.73 Å². The molecule has 20 heavy (non-hydrogen) atoms. The van der Waals surface area contributed by atoms with Gasteiger partial charge in [0.25, 0.3) is 0 Å². The fourth-order valence-electron chi connectivity index (χ4n) is 1.96. The van der Waals surface area contributed by atoms with Crippen LogP contribution < -0.4 is 15.2 Å². The fraction of sp³-hybridized carbons (Fsp3) is 0.267. The van der Waals surface area contributed by atoms with Gasteiger partial charge in [-0.25, -0.2) is 4.98 Å². The van der Waals surface area contributed by atoms with Crippen molar-refractivity contribution in [2.75, 3.05) is 7.11 Å². The topological polar surface area (TPSA) is 57.4 Å². The third-order valence-corrected chi connectivity index (χ3v) is 3.35. The number of nitrogens with zero attached hydrogens (tertiary/aromatic N) is 1. The number of aromatic nitrogens is 1. The van der Waals surface area contributed by atoms with E-state index in [1.807, 2.05) is 31.2 Å². The minimum atomic E-state index is 0.382. The number of pyridine rings is 1. The van der Waals surface area contributed by atoms with Crippen molar-refractivity contribution in [3.63, 3.8) is 0 Å². The van der Waals surface area contributed by atoms with Crippen molar-refractivity contribution in [1.29, 1.82) is 0 Å². The summed E-state index contributed by atoms with van der Waals surface area (Å²) in [6.45, 7) is 2.81. The zero-order valence-electron chi connectivity index (χ0n) is 11.5. The first-order valence-electron chi connectivity index (χ1n) is 6.26.